The quantitative estimate of drug-likeness (QED) is 0.294. The third-order valence-corrected chi connectivity index (χ3v) is 5.89. The van der Waals surface area contributed by atoms with Gasteiger partial charge < -0.3 is 10.1 Å². The van der Waals surface area contributed by atoms with E-state index in [4.69, 9.17) is 16.3 Å². The van der Waals surface area contributed by atoms with Crippen LogP contribution in [-0.4, -0.2) is 19.9 Å². The molecule has 0 unspecified atom stereocenters. The zero-order valence-electron chi connectivity index (χ0n) is 16.3. The molecule has 0 atom stereocenters. The number of aryl methyl sites for hydroxylation is 3. The molecule has 0 amide bonds. The Labute approximate surface area is 180 Å². The number of benzene rings is 2. The van der Waals surface area contributed by atoms with Gasteiger partial charge in [-0.3, -0.25) is 10.1 Å². The van der Waals surface area contributed by atoms with Crippen LogP contribution in [0.2, 0.25) is 5.02 Å². The molecule has 30 heavy (non-hydrogen) atoms. The molecule has 0 saturated carbocycles. The van der Waals surface area contributed by atoms with Crippen LogP contribution in [0.4, 0.5) is 16.6 Å². The van der Waals surface area contributed by atoms with Crippen LogP contribution in [0.3, 0.4) is 0 Å². The first-order valence-corrected chi connectivity index (χ1v) is 10.1. The van der Waals surface area contributed by atoms with Crippen molar-refractivity contribution in [2.75, 3.05) is 5.32 Å². The molecule has 0 spiro atoms. The van der Waals surface area contributed by atoms with Crippen molar-refractivity contribution in [1.29, 1.82) is 0 Å². The Kier molecular flexibility index (Phi) is 5.23. The molecule has 0 bridgehead atoms. The summed E-state index contributed by atoms with van der Waals surface area (Å²) in [5, 5.41) is 15.8. The number of nitro groups is 1. The molecule has 0 aliphatic rings. The molecule has 2 heterocycles. The first-order valence-electron chi connectivity index (χ1n) is 8.90. The normalized spacial score (nSPS) is 10.9. The standard InChI is InChI=1S/C20H16ClN5O3S/c1-10-4-5-14-15(6-10)30-20(24-14)25-18-17(26(27)28)19(23-9-22-18)29-13-7-11(2)16(21)12(3)8-13/h4-9H,1-3H3,(H,22,23,24,25). The fourth-order valence-corrected chi connectivity index (χ4v) is 4.03. The van der Waals surface area contributed by atoms with Crippen LogP contribution in [-0.2, 0) is 0 Å². The number of hydrogen-bond acceptors (Lipinski definition) is 8. The smallest absolute Gasteiger partial charge is 0.373 e. The van der Waals surface area contributed by atoms with Gasteiger partial charge in [0.05, 0.1) is 15.1 Å². The summed E-state index contributed by atoms with van der Waals surface area (Å²) >= 11 is 7.57. The van der Waals surface area contributed by atoms with Gasteiger partial charge in [0.25, 0.3) is 0 Å². The van der Waals surface area contributed by atoms with Crippen molar-refractivity contribution in [2.24, 2.45) is 0 Å². The third-order valence-electron chi connectivity index (χ3n) is 4.37. The molecule has 0 aliphatic carbocycles. The average Bonchev–Trinajstić information content (AvgIpc) is 3.07. The number of thiazole rings is 1. The summed E-state index contributed by atoms with van der Waals surface area (Å²) in [7, 11) is 0. The highest BCUT2D eigenvalue weighted by atomic mass is 35.5. The Morgan fingerprint density at radius 1 is 1.13 bits per heavy atom. The zero-order chi connectivity index (χ0) is 21.4. The minimum atomic E-state index is -0.579. The lowest BCUT2D eigenvalue weighted by atomic mass is 10.1. The second kappa shape index (κ2) is 7.85. The molecule has 0 radical (unpaired) electrons. The summed E-state index contributed by atoms with van der Waals surface area (Å²) in [5.41, 5.74) is 3.12. The Hall–Kier alpha value is -3.30. The van der Waals surface area contributed by atoms with E-state index in [0.29, 0.717) is 15.9 Å². The number of rotatable bonds is 5. The van der Waals surface area contributed by atoms with E-state index in [1.165, 1.54) is 17.7 Å². The van der Waals surface area contributed by atoms with Gasteiger partial charge in [0.1, 0.15) is 12.1 Å². The van der Waals surface area contributed by atoms with Crippen LogP contribution in [0.1, 0.15) is 16.7 Å². The highest BCUT2D eigenvalue weighted by molar-refractivity contribution is 7.22. The number of anilines is 2. The molecular formula is C20H16ClN5O3S. The minimum absolute atomic E-state index is 0.00295. The van der Waals surface area contributed by atoms with Crippen molar-refractivity contribution in [2.45, 2.75) is 20.8 Å². The van der Waals surface area contributed by atoms with Gasteiger partial charge in [-0.2, -0.15) is 4.98 Å². The number of nitrogens with zero attached hydrogens (tertiary/aromatic N) is 4. The van der Waals surface area contributed by atoms with Crippen LogP contribution in [0.5, 0.6) is 11.6 Å². The van der Waals surface area contributed by atoms with Crippen molar-refractivity contribution < 1.29 is 9.66 Å². The van der Waals surface area contributed by atoms with Crippen molar-refractivity contribution in [3.63, 3.8) is 0 Å². The minimum Gasteiger partial charge on any atom is -0.434 e. The van der Waals surface area contributed by atoms with E-state index in [0.717, 1.165) is 26.9 Å². The molecule has 4 aromatic rings. The highest BCUT2D eigenvalue weighted by Crippen LogP contribution is 2.38. The molecule has 4 rings (SSSR count). The van der Waals surface area contributed by atoms with Crippen molar-refractivity contribution in [3.05, 3.63) is 68.5 Å². The molecule has 8 nitrogen and oxygen atoms in total. The van der Waals surface area contributed by atoms with E-state index in [-0.39, 0.29) is 17.4 Å². The number of halogens is 1. The van der Waals surface area contributed by atoms with Gasteiger partial charge in [-0.05, 0) is 61.7 Å². The molecule has 0 saturated heterocycles. The summed E-state index contributed by atoms with van der Waals surface area (Å²) in [4.78, 5) is 23.7. The second-order valence-corrected chi connectivity index (χ2v) is 8.13. The Bertz CT molecular complexity index is 1270. The Morgan fingerprint density at radius 3 is 2.57 bits per heavy atom. The molecule has 0 fully saturated rings. The molecule has 2 aromatic heterocycles. The molecule has 10 heteroatoms. The lowest BCUT2D eigenvalue weighted by molar-refractivity contribution is -0.385. The maximum Gasteiger partial charge on any atom is 0.373 e. The summed E-state index contributed by atoms with van der Waals surface area (Å²) in [6, 6.07) is 9.27. The van der Waals surface area contributed by atoms with Gasteiger partial charge in [-0.15, -0.1) is 0 Å². The summed E-state index contributed by atoms with van der Waals surface area (Å²) in [5.74, 6) is 0.233. The monoisotopic (exact) mass is 441 g/mol. The zero-order valence-corrected chi connectivity index (χ0v) is 17.8. The lowest BCUT2D eigenvalue weighted by Gasteiger charge is -2.10. The van der Waals surface area contributed by atoms with Crippen LogP contribution in [0.15, 0.2) is 36.7 Å². The predicted molar refractivity (Wildman–Crippen MR) is 117 cm³/mol. The fraction of sp³-hybridized carbons (Fsp3) is 0.150. The first kappa shape index (κ1) is 20.0. The van der Waals surface area contributed by atoms with Gasteiger partial charge in [0.2, 0.25) is 5.82 Å². The molecule has 152 valence electrons. The van der Waals surface area contributed by atoms with Crippen LogP contribution in [0.25, 0.3) is 10.2 Å². The number of hydrogen-bond donors (Lipinski definition) is 1. The lowest BCUT2D eigenvalue weighted by Crippen LogP contribution is -2.03. The molecular weight excluding hydrogens is 426 g/mol. The van der Waals surface area contributed by atoms with Gasteiger partial charge in [-0.1, -0.05) is 29.0 Å². The topological polar surface area (TPSA) is 103 Å². The largest absolute Gasteiger partial charge is 0.434 e. The second-order valence-electron chi connectivity index (χ2n) is 6.72. The number of ether oxygens (including phenoxy) is 1. The average molecular weight is 442 g/mol. The van der Waals surface area contributed by atoms with Crippen LogP contribution < -0.4 is 10.1 Å². The van der Waals surface area contributed by atoms with Gasteiger partial charge >= 0.3 is 11.6 Å². The Morgan fingerprint density at radius 2 is 1.87 bits per heavy atom. The number of aromatic nitrogens is 3. The van der Waals surface area contributed by atoms with Gasteiger partial charge in [-0.25, -0.2) is 9.97 Å². The van der Waals surface area contributed by atoms with E-state index in [1.54, 1.807) is 12.1 Å². The van der Waals surface area contributed by atoms with Crippen LogP contribution >= 0.6 is 22.9 Å². The van der Waals surface area contributed by atoms with E-state index >= 15 is 0 Å². The third kappa shape index (κ3) is 3.89. The predicted octanol–water partition coefficient (Wildman–Crippen LogP) is 6.11. The van der Waals surface area contributed by atoms with Crippen LogP contribution in [0, 0.1) is 30.9 Å². The molecule has 2 aromatic carbocycles. The maximum atomic E-state index is 11.8. The summed E-state index contributed by atoms with van der Waals surface area (Å²) in [6.07, 6.45) is 1.21. The van der Waals surface area contributed by atoms with E-state index in [9.17, 15) is 10.1 Å². The molecule has 0 aliphatic heterocycles. The summed E-state index contributed by atoms with van der Waals surface area (Å²) in [6.45, 7) is 5.65. The first-order chi connectivity index (χ1) is 14.3. The fourth-order valence-electron chi connectivity index (χ4n) is 2.96. The highest BCUT2D eigenvalue weighted by Gasteiger charge is 2.26. The van der Waals surface area contributed by atoms with Gasteiger partial charge in [0, 0.05) is 5.02 Å². The molecule has 1 N–H and O–H groups in total. The summed E-state index contributed by atoms with van der Waals surface area (Å²) < 4.78 is 6.70. The van der Waals surface area contributed by atoms with Gasteiger partial charge in [0.15, 0.2) is 5.13 Å². The number of fused-ring (bicyclic) bond motifs is 1. The number of nitrogens with one attached hydrogen (secondary N) is 1. The van der Waals surface area contributed by atoms with Crippen molar-refractivity contribution >= 4 is 49.8 Å². The SMILES string of the molecule is Cc1ccc2nc(Nc3ncnc(Oc4cc(C)c(Cl)c(C)c4)c3[N+](=O)[O-])sc2c1. The van der Waals surface area contributed by atoms with E-state index < -0.39 is 4.92 Å². The van der Waals surface area contributed by atoms with Crippen molar-refractivity contribution in [3.8, 4) is 11.6 Å². The van der Waals surface area contributed by atoms with Crippen molar-refractivity contribution in [1.82, 2.24) is 15.0 Å². The maximum absolute atomic E-state index is 11.8. The van der Waals surface area contributed by atoms with E-state index in [2.05, 4.69) is 20.3 Å². The van der Waals surface area contributed by atoms with E-state index in [1.807, 2.05) is 39.0 Å². The Balaban J connectivity index is 1.71.